The first kappa shape index (κ1) is 15.3. The number of rotatable bonds is 5. The van der Waals surface area contributed by atoms with E-state index in [1.54, 1.807) is 31.2 Å². The summed E-state index contributed by atoms with van der Waals surface area (Å²) >= 11 is 0. The van der Waals surface area contributed by atoms with E-state index in [2.05, 4.69) is 4.72 Å². The van der Waals surface area contributed by atoms with Gasteiger partial charge >= 0.3 is 0 Å². The summed E-state index contributed by atoms with van der Waals surface area (Å²) in [6, 6.07) is 12.0. The van der Waals surface area contributed by atoms with E-state index in [9.17, 15) is 17.6 Å². The molecule has 2 rings (SSSR count). The number of hydrogen-bond acceptors (Lipinski definition) is 3. The largest absolute Gasteiger partial charge is 0.293 e. The highest BCUT2D eigenvalue weighted by Crippen LogP contribution is 2.13. The average molecular weight is 307 g/mol. The number of nitrogens with one attached hydrogen (secondary N) is 1. The van der Waals surface area contributed by atoms with E-state index in [0.29, 0.717) is 5.56 Å². The Morgan fingerprint density at radius 3 is 2.38 bits per heavy atom. The van der Waals surface area contributed by atoms with Crippen LogP contribution in [0.1, 0.15) is 15.9 Å². The summed E-state index contributed by atoms with van der Waals surface area (Å²) in [5.41, 5.74) is 0.382. The minimum absolute atomic E-state index is 0.0584. The van der Waals surface area contributed by atoms with Crippen LogP contribution in [0.3, 0.4) is 0 Å². The van der Waals surface area contributed by atoms with Gasteiger partial charge in [-0.25, -0.2) is 17.5 Å². The number of ketones is 1. The summed E-state index contributed by atoms with van der Waals surface area (Å²) in [5, 5.41) is 0. The molecule has 0 saturated carbocycles. The summed E-state index contributed by atoms with van der Waals surface area (Å²) in [6.07, 6.45) is 0. The van der Waals surface area contributed by atoms with Gasteiger partial charge in [0, 0.05) is 0 Å². The fourth-order valence-corrected chi connectivity index (χ4v) is 2.92. The van der Waals surface area contributed by atoms with Crippen molar-refractivity contribution in [3.63, 3.8) is 0 Å². The standard InChI is InChI=1S/C15H14FNO3S/c1-11-6-5-9-13(16)15(11)14(18)10-17-21(19,20)12-7-3-2-4-8-12/h2-9,17H,10H2,1H3. The van der Waals surface area contributed by atoms with Crippen molar-refractivity contribution in [1.29, 1.82) is 0 Å². The number of halogens is 1. The Morgan fingerprint density at radius 1 is 1.10 bits per heavy atom. The minimum atomic E-state index is -3.78. The lowest BCUT2D eigenvalue weighted by Crippen LogP contribution is -2.30. The molecule has 21 heavy (non-hydrogen) atoms. The fourth-order valence-electron chi connectivity index (χ4n) is 1.92. The normalized spacial score (nSPS) is 11.3. The van der Waals surface area contributed by atoms with Gasteiger partial charge in [-0.3, -0.25) is 4.79 Å². The van der Waals surface area contributed by atoms with Gasteiger partial charge in [0.05, 0.1) is 17.0 Å². The van der Waals surface area contributed by atoms with Crippen molar-refractivity contribution in [1.82, 2.24) is 4.72 Å². The number of hydrogen-bond donors (Lipinski definition) is 1. The summed E-state index contributed by atoms with van der Waals surface area (Å²) < 4.78 is 39.8. The second-order valence-corrected chi connectivity index (χ2v) is 6.26. The van der Waals surface area contributed by atoms with Gasteiger partial charge in [-0.15, -0.1) is 0 Å². The lowest BCUT2D eigenvalue weighted by molar-refractivity contribution is 0.0992. The quantitative estimate of drug-likeness (QED) is 0.862. The summed E-state index contributed by atoms with van der Waals surface area (Å²) in [5.74, 6) is -1.26. The van der Waals surface area contributed by atoms with E-state index in [4.69, 9.17) is 0 Å². The number of benzene rings is 2. The molecule has 0 spiro atoms. The van der Waals surface area contributed by atoms with Gasteiger partial charge in [0.1, 0.15) is 5.82 Å². The number of sulfonamides is 1. The van der Waals surface area contributed by atoms with Crippen LogP contribution in [0.25, 0.3) is 0 Å². The molecular formula is C15H14FNO3S. The van der Waals surface area contributed by atoms with Crippen molar-refractivity contribution in [2.24, 2.45) is 0 Å². The molecule has 0 aliphatic rings. The van der Waals surface area contributed by atoms with Gasteiger partial charge in [-0.2, -0.15) is 0 Å². The summed E-state index contributed by atoms with van der Waals surface area (Å²) in [6.45, 7) is 1.11. The van der Waals surface area contributed by atoms with E-state index in [0.717, 1.165) is 0 Å². The topological polar surface area (TPSA) is 63.2 Å². The second kappa shape index (κ2) is 6.15. The summed E-state index contributed by atoms with van der Waals surface area (Å²) in [4.78, 5) is 12.1. The van der Waals surface area contributed by atoms with Crippen molar-refractivity contribution in [3.05, 3.63) is 65.5 Å². The molecule has 0 aromatic heterocycles. The predicted molar refractivity (Wildman–Crippen MR) is 77.1 cm³/mol. The van der Waals surface area contributed by atoms with Crippen LogP contribution in [0.2, 0.25) is 0 Å². The Morgan fingerprint density at radius 2 is 1.76 bits per heavy atom. The van der Waals surface area contributed by atoms with Crippen LogP contribution in [-0.4, -0.2) is 20.7 Å². The van der Waals surface area contributed by atoms with Crippen LogP contribution >= 0.6 is 0 Å². The van der Waals surface area contributed by atoms with E-state index in [1.165, 1.54) is 24.3 Å². The lowest BCUT2D eigenvalue weighted by atomic mass is 10.0. The Hall–Kier alpha value is -2.05. The lowest BCUT2D eigenvalue weighted by Gasteiger charge is -2.08. The van der Waals surface area contributed by atoms with Gasteiger partial charge in [-0.05, 0) is 30.7 Å². The maximum atomic E-state index is 13.6. The number of aryl methyl sites for hydroxylation is 1. The Bertz CT molecular complexity index is 737. The van der Waals surface area contributed by atoms with E-state index < -0.39 is 28.2 Å². The second-order valence-electron chi connectivity index (χ2n) is 4.49. The summed E-state index contributed by atoms with van der Waals surface area (Å²) in [7, 11) is -3.78. The molecule has 0 fully saturated rings. The fraction of sp³-hybridized carbons (Fsp3) is 0.133. The smallest absolute Gasteiger partial charge is 0.240 e. The van der Waals surface area contributed by atoms with Crippen molar-refractivity contribution in [3.8, 4) is 0 Å². The van der Waals surface area contributed by atoms with Crippen molar-refractivity contribution in [2.45, 2.75) is 11.8 Å². The Balaban J connectivity index is 2.15. The molecular weight excluding hydrogens is 293 g/mol. The third-order valence-electron chi connectivity index (χ3n) is 2.98. The zero-order valence-corrected chi connectivity index (χ0v) is 12.2. The molecule has 4 nitrogen and oxygen atoms in total. The Kier molecular flexibility index (Phi) is 4.50. The predicted octanol–water partition coefficient (Wildman–Crippen LogP) is 2.30. The number of carbonyl (C=O) groups is 1. The molecule has 2 aromatic carbocycles. The van der Waals surface area contributed by atoms with E-state index in [-0.39, 0.29) is 10.5 Å². The molecule has 2 aromatic rings. The zero-order chi connectivity index (χ0) is 15.5. The van der Waals surface area contributed by atoms with Crippen LogP contribution in [0.15, 0.2) is 53.4 Å². The highest BCUT2D eigenvalue weighted by Gasteiger charge is 2.18. The monoisotopic (exact) mass is 307 g/mol. The van der Waals surface area contributed by atoms with Gasteiger partial charge in [0.2, 0.25) is 10.0 Å². The number of Topliss-reactive ketones (excluding diaryl/α,β-unsaturated/α-hetero) is 1. The maximum Gasteiger partial charge on any atom is 0.240 e. The highest BCUT2D eigenvalue weighted by molar-refractivity contribution is 7.89. The Labute approximate surface area is 122 Å². The van der Waals surface area contributed by atoms with Gasteiger partial charge in [0.25, 0.3) is 0 Å². The molecule has 0 radical (unpaired) electrons. The highest BCUT2D eigenvalue weighted by atomic mass is 32.2. The van der Waals surface area contributed by atoms with Gasteiger partial charge in [0.15, 0.2) is 5.78 Å². The van der Waals surface area contributed by atoms with Crippen LogP contribution < -0.4 is 4.72 Å². The zero-order valence-electron chi connectivity index (χ0n) is 11.3. The molecule has 0 unspecified atom stereocenters. The first-order chi connectivity index (χ1) is 9.92. The van der Waals surface area contributed by atoms with Gasteiger partial charge in [-0.1, -0.05) is 30.3 Å². The molecule has 0 aliphatic heterocycles. The minimum Gasteiger partial charge on any atom is -0.293 e. The molecule has 0 bridgehead atoms. The molecule has 1 N–H and O–H groups in total. The van der Waals surface area contributed by atoms with Crippen LogP contribution in [0, 0.1) is 12.7 Å². The van der Waals surface area contributed by atoms with Crippen molar-refractivity contribution in [2.75, 3.05) is 6.54 Å². The molecule has 110 valence electrons. The first-order valence-corrected chi connectivity index (χ1v) is 7.73. The average Bonchev–Trinajstić information content (AvgIpc) is 2.46. The van der Waals surface area contributed by atoms with E-state index in [1.807, 2.05) is 0 Å². The molecule has 0 atom stereocenters. The molecule has 0 amide bonds. The third kappa shape index (κ3) is 3.53. The first-order valence-electron chi connectivity index (χ1n) is 6.25. The molecule has 6 heteroatoms. The maximum absolute atomic E-state index is 13.6. The van der Waals surface area contributed by atoms with Crippen LogP contribution in [0.5, 0.6) is 0 Å². The molecule has 0 aliphatic carbocycles. The van der Waals surface area contributed by atoms with Crippen molar-refractivity contribution < 1.29 is 17.6 Å². The third-order valence-corrected chi connectivity index (χ3v) is 4.39. The van der Waals surface area contributed by atoms with Crippen LogP contribution in [0.4, 0.5) is 4.39 Å². The number of carbonyl (C=O) groups excluding carboxylic acids is 1. The van der Waals surface area contributed by atoms with E-state index >= 15 is 0 Å². The SMILES string of the molecule is Cc1cccc(F)c1C(=O)CNS(=O)(=O)c1ccccc1. The van der Waals surface area contributed by atoms with Crippen LogP contribution in [-0.2, 0) is 10.0 Å². The molecule has 0 heterocycles. The molecule has 0 saturated heterocycles. The van der Waals surface area contributed by atoms with Gasteiger partial charge < -0.3 is 0 Å². The van der Waals surface area contributed by atoms with Crippen molar-refractivity contribution >= 4 is 15.8 Å².